The SMILES string of the molecule is CC1CC(=O)Nc2ccccc2N1C(=O)CSc1nnc(Nc2ccccc2C(F)(F)F)s1. The molecule has 0 radical (unpaired) electrons. The Kier molecular flexibility index (Phi) is 6.56. The first-order valence-electron chi connectivity index (χ1n) is 9.83. The van der Waals surface area contributed by atoms with E-state index < -0.39 is 11.7 Å². The molecule has 172 valence electrons. The maximum absolute atomic E-state index is 13.2. The number of para-hydroxylation sites is 3. The number of carbonyl (C=O) groups is 2. The molecule has 0 aliphatic carbocycles. The van der Waals surface area contributed by atoms with E-state index in [-0.39, 0.29) is 40.8 Å². The molecule has 0 saturated carbocycles. The number of nitrogens with zero attached hydrogens (tertiary/aromatic N) is 3. The molecule has 1 aromatic heterocycles. The number of anilines is 4. The number of thioether (sulfide) groups is 1. The van der Waals surface area contributed by atoms with Gasteiger partial charge in [-0.3, -0.25) is 9.59 Å². The molecule has 2 amide bonds. The Labute approximate surface area is 195 Å². The van der Waals surface area contributed by atoms with Crippen LogP contribution in [0.15, 0.2) is 52.9 Å². The number of hydrogen-bond donors (Lipinski definition) is 2. The molecule has 33 heavy (non-hydrogen) atoms. The number of carbonyl (C=O) groups excluding carboxylic acids is 2. The Morgan fingerprint density at radius 2 is 1.94 bits per heavy atom. The molecule has 1 atom stereocenters. The van der Waals surface area contributed by atoms with Gasteiger partial charge in [0.2, 0.25) is 16.9 Å². The van der Waals surface area contributed by atoms with Crippen LogP contribution in [0.3, 0.4) is 0 Å². The predicted octanol–water partition coefficient (Wildman–Crippen LogP) is 5.16. The Morgan fingerprint density at radius 3 is 2.73 bits per heavy atom. The van der Waals surface area contributed by atoms with Crippen LogP contribution in [0, 0.1) is 0 Å². The van der Waals surface area contributed by atoms with Gasteiger partial charge < -0.3 is 15.5 Å². The summed E-state index contributed by atoms with van der Waals surface area (Å²) < 4.78 is 40.0. The standard InChI is InChI=1S/C21H18F3N5O2S2/c1-12-10-17(30)25-15-8-4-5-9-16(15)29(12)18(31)11-32-20-28-27-19(33-20)26-14-7-3-2-6-13(14)21(22,23)24/h2-9,12H,10-11H2,1H3,(H,25,30)(H,26,27). The van der Waals surface area contributed by atoms with Gasteiger partial charge in [0.05, 0.1) is 28.4 Å². The van der Waals surface area contributed by atoms with Crippen molar-refractivity contribution in [1.29, 1.82) is 0 Å². The van der Waals surface area contributed by atoms with Crippen molar-refractivity contribution < 1.29 is 22.8 Å². The molecule has 7 nitrogen and oxygen atoms in total. The van der Waals surface area contributed by atoms with E-state index in [9.17, 15) is 22.8 Å². The zero-order chi connectivity index (χ0) is 23.6. The lowest BCUT2D eigenvalue weighted by Gasteiger charge is -2.27. The van der Waals surface area contributed by atoms with Gasteiger partial charge in [-0.1, -0.05) is 47.4 Å². The molecule has 0 bridgehead atoms. The van der Waals surface area contributed by atoms with Crippen molar-refractivity contribution in [3.8, 4) is 0 Å². The van der Waals surface area contributed by atoms with E-state index in [2.05, 4.69) is 20.8 Å². The van der Waals surface area contributed by atoms with Crippen molar-refractivity contribution in [3.05, 3.63) is 54.1 Å². The second-order valence-electron chi connectivity index (χ2n) is 7.21. The first-order valence-corrected chi connectivity index (χ1v) is 11.6. The van der Waals surface area contributed by atoms with Crippen LogP contribution >= 0.6 is 23.1 Å². The van der Waals surface area contributed by atoms with Crippen LogP contribution in [-0.4, -0.2) is 33.8 Å². The van der Waals surface area contributed by atoms with Crippen LogP contribution < -0.4 is 15.5 Å². The normalized spacial score (nSPS) is 16.1. The molecular formula is C21H18F3N5O2S2. The molecule has 12 heteroatoms. The largest absolute Gasteiger partial charge is 0.418 e. The quantitative estimate of drug-likeness (QED) is 0.478. The summed E-state index contributed by atoms with van der Waals surface area (Å²) in [7, 11) is 0. The lowest BCUT2D eigenvalue weighted by atomic mass is 10.2. The Balaban J connectivity index is 1.45. The van der Waals surface area contributed by atoms with Gasteiger partial charge in [0.15, 0.2) is 4.34 Å². The van der Waals surface area contributed by atoms with Gasteiger partial charge in [-0.2, -0.15) is 13.2 Å². The van der Waals surface area contributed by atoms with Crippen LogP contribution in [0.2, 0.25) is 0 Å². The summed E-state index contributed by atoms with van der Waals surface area (Å²) in [6, 6.07) is 11.8. The summed E-state index contributed by atoms with van der Waals surface area (Å²) in [6.07, 6.45) is -4.34. The summed E-state index contributed by atoms with van der Waals surface area (Å²) in [4.78, 5) is 26.7. The predicted molar refractivity (Wildman–Crippen MR) is 122 cm³/mol. The summed E-state index contributed by atoms with van der Waals surface area (Å²) in [5.74, 6) is -0.360. The molecule has 2 heterocycles. The van der Waals surface area contributed by atoms with E-state index in [1.165, 1.54) is 18.2 Å². The lowest BCUT2D eigenvalue weighted by Crippen LogP contribution is -2.40. The lowest BCUT2D eigenvalue weighted by molar-refractivity contribution is -0.137. The van der Waals surface area contributed by atoms with Crippen molar-refractivity contribution in [2.24, 2.45) is 0 Å². The number of fused-ring (bicyclic) bond motifs is 1. The highest BCUT2D eigenvalue weighted by Crippen LogP contribution is 2.37. The molecule has 2 aromatic carbocycles. The van der Waals surface area contributed by atoms with E-state index in [1.54, 1.807) is 36.1 Å². The summed E-state index contributed by atoms with van der Waals surface area (Å²) in [6.45, 7) is 1.80. The zero-order valence-electron chi connectivity index (χ0n) is 17.2. The molecule has 1 aliphatic heterocycles. The van der Waals surface area contributed by atoms with Crippen LogP contribution in [0.1, 0.15) is 18.9 Å². The number of alkyl halides is 3. The molecule has 0 saturated heterocycles. The number of amides is 2. The van der Waals surface area contributed by atoms with E-state index >= 15 is 0 Å². The average Bonchev–Trinajstić information content (AvgIpc) is 3.15. The second-order valence-corrected chi connectivity index (χ2v) is 9.41. The molecule has 0 spiro atoms. The topological polar surface area (TPSA) is 87.2 Å². The van der Waals surface area contributed by atoms with Gasteiger partial charge in [-0.05, 0) is 31.2 Å². The molecule has 1 aliphatic rings. The molecule has 3 aromatic rings. The summed E-state index contributed by atoms with van der Waals surface area (Å²) in [5.41, 5.74) is 0.253. The van der Waals surface area contributed by atoms with Gasteiger partial charge in [0, 0.05) is 12.5 Å². The Morgan fingerprint density at radius 1 is 1.21 bits per heavy atom. The van der Waals surface area contributed by atoms with Gasteiger partial charge in [-0.25, -0.2) is 0 Å². The van der Waals surface area contributed by atoms with E-state index in [1.807, 2.05) is 0 Å². The number of halogens is 3. The fourth-order valence-electron chi connectivity index (χ4n) is 3.43. The number of nitrogens with one attached hydrogen (secondary N) is 2. The first kappa shape index (κ1) is 23.1. The van der Waals surface area contributed by atoms with Crippen LogP contribution in [-0.2, 0) is 15.8 Å². The van der Waals surface area contributed by atoms with Crippen LogP contribution in [0.25, 0.3) is 0 Å². The van der Waals surface area contributed by atoms with Gasteiger partial charge in [-0.15, -0.1) is 10.2 Å². The summed E-state index contributed by atoms with van der Waals surface area (Å²) >= 11 is 2.19. The van der Waals surface area contributed by atoms with Crippen LogP contribution in [0.4, 0.5) is 35.4 Å². The average molecular weight is 494 g/mol. The monoisotopic (exact) mass is 493 g/mol. The number of rotatable bonds is 5. The zero-order valence-corrected chi connectivity index (χ0v) is 18.9. The Hall–Kier alpha value is -3.12. The third-order valence-corrected chi connectivity index (χ3v) is 6.78. The van der Waals surface area contributed by atoms with Crippen molar-refractivity contribution in [2.45, 2.75) is 29.9 Å². The minimum Gasteiger partial charge on any atom is -0.330 e. The number of aromatic nitrogens is 2. The second kappa shape index (κ2) is 9.40. The number of benzene rings is 2. The fourth-order valence-corrected chi connectivity index (χ4v) is 5.06. The van der Waals surface area contributed by atoms with Crippen molar-refractivity contribution in [2.75, 3.05) is 21.3 Å². The van der Waals surface area contributed by atoms with E-state index in [0.717, 1.165) is 29.2 Å². The van der Waals surface area contributed by atoms with Gasteiger partial charge >= 0.3 is 6.18 Å². The van der Waals surface area contributed by atoms with Crippen molar-refractivity contribution in [1.82, 2.24) is 10.2 Å². The van der Waals surface area contributed by atoms with Gasteiger partial charge in [0.1, 0.15) is 0 Å². The van der Waals surface area contributed by atoms with Crippen molar-refractivity contribution >= 4 is 57.1 Å². The highest BCUT2D eigenvalue weighted by molar-refractivity contribution is 8.01. The maximum atomic E-state index is 13.2. The molecule has 0 fully saturated rings. The molecule has 1 unspecified atom stereocenters. The fraction of sp³-hybridized carbons (Fsp3) is 0.238. The third-order valence-electron chi connectivity index (χ3n) is 4.83. The maximum Gasteiger partial charge on any atom is 0.418 e. The molecule has 4 rings (SSSR count). The highest BCUT2D eigenvalue weighted by atomic mass is 32.2. The smallest absolute Gasteiger partial charge is 0.330 e. The van der Waals surface area contributed by atoms with E-state index in [4.69, 9.17) is 0 Å². The molecular weight excluding hydrogens is 475 g/mol. The number of hydrogen-bond acceptors (Lipinski definition) is 7. The van der Waals surface area contributed by atoms with Crippen LogP contribution in [0.5, 0.6) is 0 Å². The van der Waals surface area contributed by atoms with Crippen molar-refractivity contribution in [3.63, 3.8) is 0 Å². The minimum atomic E-state index is -4.51. The van der Waals surface area contributed by atoms with Gasteiger partial charge in [0.25, 0.3) is 0 Å². The molecule has 2 N–H and O–H groups in total. The first-order chi connectivity index (χ1) is 15.7. The highest BCUT2D eigenvalue weighted by Gasteiger charge is 2.33. The minimum absolute atomic E-state index is 0.0284. The third kappa shape index (κ3) is 5.28. The Bertz CT molecular complexity index is 1180. The van der Waals surface area contributed by atoms with E-state index in [0.29, 0.717) is 15.7 Å². The summed E-state index contributed by atoms with van der Waals surface area (Å²) in [5, 5.41) is 13.5.